The van der Waals surface area contributed by atoms with Crippen molar-refractivity contribution in [3.63, 3.8) is 0 Å². The SMILES string of the molecule is CCOc1ccccc1[C@@H]1CC(c2c(O)n(C)c(=O)n(C)c2=O)=Nc2ccccc2S1. The summed E-state index contributed by atoms with van der Waals surface area (Å²) in [6, 6.07) is 15.5. The molecule has 1 aliphatic heterocycles. The third kappa shape index (κ3) is 3.79. The number of rotatable bonds is 4. The molecule has 1 N–H and O–H groups in total. The fourth-order valence-electron chi connectivity index (χ4n) is 3.66. The van der Waals surface area contributed by atoms with E-state index in [4.69, 9.17) is 9.73 Å². The van der Waals surface area contributed by atoms with Crippen LogP contribution >= 0.6 is 11.8 Å². The van der Waals surface area contributed by atoms with Gasteiger partial charge in [-0.3, -0.25) is 18.9 Å². The van der Waals surface area contributed by atoms with Crippen LogP contribution in [-0.4, -0.2) is 26.6 Å². The Hall–Kier alpha value is -3.26. The molecule has 0 amide bonds. The summed E-state index contributed by atoms with van der Waals surface area (Å²) < 4.78 is 7.90. The van der Waals surface area contributed by atoms with Gasteiger partial charge in [0.1, 0.15) is 11.3 Å². The number of fused-ring (bicyclic) bond motifs is 1. The zero-order chi connectivity index (χ0) is 22.1. The highest BCUT2D eigenvalue weighted by molar-refractivity contribution is 7.99. The number of aromatic nitrogens is 2. The summed E-state index contributed by atoms with van der Waals surface area (Å²) in [5.41, 5.74) is 1.02. The summed E-state index contributed by atoms with van der Waals surface area (Å²) in [6.45, 7) is 2.47. The first-order valence-electron chi connectivity index (χ1n) is 9.96. The van der Waals surface area contributed by atoms with Gasteiger partial charge in [-0.1, -0.05) is 30.3 Å². The van der Waals surface area contributed by atoms with Gasteiger partial charge < -0.3 is 9.84 Å². The molecule has 2 heterocycles. The van der Waals surface area contributed by atoms with E-state index in [1.54, 1.807) is 11.8 Å². The number of benzene rings is 2. The number of ether oxygens (including phenoxy) is 1. The minimum absolute atomic E-state index is 0.0424. The van der Waals surface area contributed by atoms with Crippen molar-refractivity contribution < 1.29 is 9.84 Å². The number of thioether (sulfide) groups is 1. The van der Waals surface area contributed by atoms with Crippen molar-refractivity contribution >= 4 is 23.2 Å². The van der Waals surface area contributed by atoms with E-state index in [2.05, 4.69) is 0 Å². The van der Waals surface area contributed by atoms with Gasteiger partial charge in [0, 0.05) is 36.2 Å². The van der Waals surface area contributed by atoms with Crippen LogP contribution in [0.3, 0.4) is 0 Å². The molecule has 0 saturated carbocycles. The molecular weight excluding hydrogens is 414 g/mol. The van der Waals surface area contributed by atoms with E-state index in [1.807, 2.05) is 55.5 Å². The van der Waals surface area contributed by atoms with Gasteiger partial charge in [0.15, 0.2) is 0 Å². The maximum Gasteiger partial charge on any atom is 0.333 e. The highest BCUT2D eigenvalue weighted by Gasteiger charge is 2.28. The fraction of sp³-hybridized carbons (Fsp3) is 0.261. The molecule has 0 aliphatic carbocycles. The molecule has 4 rings (SSSR count). The minimum atomic E-state index is -0.589. The maximum atomic E-state index is 13.0. The standard InChI is InChI=1S/C23H23N3O4S/c1-4-30-17-11-7-5-9-14(17)19-13-16(24-15-10-6-8-12-18(15)31-19)20-21(27)25(2)23(29)26(3)22(20)28/h5-12,19,27H,4,13H2,1-3H3/t19-/m0/s1. The van der Waals surface area contributed by atoms with Crippen LogP contribution in [0.5, 0.6) is 11.6 Å². The summed E-state index contributed by atoms with van der Waals surface area (Å²) >= 11 is 1.64. The Balaban J connectivity index is 1.93. The van der Waals surface area contributed by atoms with E-state index in [9.17, 15) is 14.7 Å². The number of hydrogen-bond acceptors (Lipinski definition) is 6. The highest BCUT2D eigenvalue weighted by atomic mass is 32.2. The molecular formula is C23H23N3O4S. The second-order valence-electron chi connectivity index (χ2n) is 7.21. The molecule has 0 spiro atoms. The van der Waals surface area contributed by atoms with E-state index in [0.29, 0.717) is 24.4 Å². The minimum Gasteiger partial charge on any atom is -0.494 e. The predicted octanol–water partition coefficient (Wildman–Crippen LogP) is 3.55. The summed E-state index contributed by atoms with van der Waals surface area (Å²) in [5, 5.41) is 10.6. The zero-order valence-electron chi connectivity index (χ0n) is 17.5. The maximum absolute atomic E-state index is 13.0. The topological polar surface area (TPSA) is 85.8 Å². The Morgan fingerprint density at radius 2 is 1.81 bits per heavy atom. The zero-order valence-corrected chi connectivity index (χ0v) is 18.3. The predicted molar refractivity (Wildman–Crippen MR) is 122 cm³/mol. The van der Waals surface area contributed by atoms with E-state index in [1.165, 1.54) is 14.1 Å². The van der Waals surface area contributed by atoms with Crippen molar-refractivity contribution in [3.05, 3.63) is 80.5 Å². The molecule has 0 radical (unpaired) electrons. The molecule has 7 nitrogen and oxygen atoms in total. The Bertz CT molecular complexity index is 1290. The van der Waals surface area contributed by atoms with Crippen LogP contribution in [0.2, 0.25) is 0 Å². The van der Waals surface area contributed by atoms with Crippen LogP contribution in [0.15, 0.2) is 68.0 Å². The van der Waals surface area contributed by atoms with Crippen LogP contribution in [0.1, 0.15) is 29.7 Å². The van der Waals surface area contributed by atoms with Crippen LogP contribution < -0.4 is 16.0 Å². The van der Waals surface area contributed by atoms with E-state index in [-0.39, 0.29) is 16.7 Å². The molecule has 1 atom stereocenters. The summed E-state index contributed by atoms with van der Waals surface area (Å²) in [4.78, 5) is 30.9. The summed E-state index contributed by atoms with van der Waals surface area (Å²) in [5.74, 6) is 0.395. The van der Waals surface area contributed by atoms with Gasteiger partial charge in [0.25, 0.3) is 5.56 Å². The Labute approximate surface area is 183 Å². The lowest BCUT2D eigenvalue weighted by atomic mass is 10.0. The van der Waals surface area contributed by atoms with Gasteiger partial charge in [-0.25, -0.2) is 4.79 Å². The van der Waals surface area contributed by atoms with Crippen molar-refractivity contribution in [1.82, 2.24) is 9.13 Å². The van der Waals surface area contributed by atoms with Gasteiger partial charge in [-0.05, 0) is 25.1 Å². The number of hydrogen-bond donors (Lipinski definition) is 1. The molecule has 1 aliphatic rings. The Kier molecular flexibility index (Phi) is 5.73. The highest BCUT2D eigenvalue weighted by Crippen LogP contribution is 2.47. The largest absolute Gasteiger partial charge is 0.494 e. The number of para-hydroxylation sites is 2. The fourth-order valence-corrected chi connectivity index (χ4v) is 4.92. The van der Waals surface area contributed by atoms with Crippen molar-refractivity contribution in [2.24, 2.45) is 19.1 Å². The lowest BCUT2D eigenvalue weighted by Gasteiger charge is -2.20. The molecule has 0 fully saturated rings. The van der Waals surface area contributed by atoms with Crippen LogP contribution in [-0.2, 0) is 14.1 Å². The van der Waals surface area contributed by atoms with Crippen molar-refractivity contribution in [3.8, 4) is 11.6 Å². The summed E-state index contributed by atoms with van der Waals surface area (Å²) in [7, 11) is 2.83. The van der Waals surface area contributed by atoms with Gasteiger partial charge >= 0.3 is 5.69 Å². The second kappa shape index (κ2) is 8.47. The molecule has 0 bridgehead atoms. The molecule has 160 valence electrons. The van der Waals surface area contributed by atoms with Crippen molar-refractivity contribution in [2.45, 2.75) is 23.5 Å². The number of aromatic hydroxyl groups is 1. The average Bonchev–Trinajstić information content (AvgIpc) is 2.96. The van der Waals surface area contributed by atoms with Gasteiger partial charge in [-0.15, -0.1) is 11.8 Å². The average molecular weight is 438 g/mol. The monoisotopic (exact) mass is 437 g/mol. The second-order valence-corrected chi connectivity index (χ2v) is 8.46. The molecule has 31 heavy (non-hydrogen) atoms. The van der Waals surface area contributed by atoms with E-state index < -0.39 is 11.2 Å². The van der Waals surface area contributed by atoms with Crippen LogP contribution in [0.4, 0.5) is 5.69 Å². The first-order valence-corrected chi connectivity index (χ1v) is 10.8. The quantitative estimate of drug-likeness (QED) is 0.675. The Morgan fingerprint density at radius 1 is 1.10 bits per heavy atom. The van der Waals surface area contributed by atoms with Gasteiger partial charge in [-0.2, -0.15) is 0 Å². The van der Waals surface area contributed by atoms with Crippen molar-refractivity contribution in [2.75, 3.05) is 6.61 Å². The van der Waals surface area contributed by atoms with Gasteiger partial charge in [0.05, 0.1) is 18.0 Å². The summed E-state index contributed by atoms with van der Waals surface area (Å²) in [6.07, 6.45) is 0.379. The van der Waals surface area contributed by atoms with Crippen LogP contribution in [0.25, 0.3) is 0 Å². The van der Waals surface area contributed by atoms with E-state index in [0.717, 1.165) is 25.3 Å². The van der Waals surface area contributed by atoms with Crippen molar-refractivity contribution in [1.29, 1.82) is 0 Å². The molecule has 2 aromatic carbocycles. The Morgan fingerprint density at radius 3 is 2.58 bits per heavy atom. The number of aliphatic imine (C=N–C) groups is 1. The van der Waals surface area contributed by atoms with Crippen LogP contribution in [0, 0.1) is 0 Å². The first-order chi connectivity index (χ1) is 14.9. The molecule has 3 aromatic rings. The third-order valence-electron chi connectivity index (χ3n) is 5.26. The lowest BCUT2D eigenvalue weighted by molar-refractivity contribution is 0.336. The molecule has 0 saturated heterocycles. The molecule has 8 heteroatoms. The first kappa shape index (κ1) is 21.0. The molecule has 1 aromatic heterocycles. The number of nitrogens with zero attached hydrogens (tertiary/aromatic N) is 3. The lowest BCUT2D eigenvalue weighted by Crippen LogP contribution is -2.40. The molecule has 0 unspecified atom stereocenters. The smallest absolute Gasteiger partial charge is 0.333 e. The normalized spacial score (nSPS) is 15.7. The third-order valence-corrected chi connectivity index (χ3v) is 6.56. The van der Waals surface area contributed by atoms with E-state index >= 15 is 0 Å². The van der Waals surface area contributed by atoms with Gasteiger partial charge in [0.2, 0.25) is 5.88 Å².